The SMILES string of the molecule is Cn1ccc(C(=O)Cn2c(=O)ccn(C)c2=O)c1. The summed E-state index contributed by atoms with van der Waals surface area (Å²) in [6.45, 7) is -0.240. The van der Waals surface area contributed by atoms with Gasteiger partial charge in [-0.2, -0.15) is 0 Å². The normalized spacial score (nSPS) is 10.6. The van der Waals surface area contributed by atoms with E-state index in [1.165, 1.54) is 23.9 Å². The van der Waals surface area contributed by atoms with Crippen molar-refractivity contribution in [2.24, 2.45) is 14.1 Å². The second-order valence-electron chi connectivity index (χ2n) is 4.12. The third kappa shape index (κ3) is 2.17. The van der Waals surface area contributed by atoms with E-state index in [0.717, 1.165) is 4.57 Å². The van der Waals surface area contributed by atoms with E-state index in [4.69, 9.17) is 0 Å². The van der Waals surface area contributed by atoms with E-state index >= 15 is 0 Å². The molecule has 0 amide bonds. The monoisotopic (exact) mass is 247 g/mol. The molecule has 0 aliphatic carbocycles. The molecule has 94 valence electrons. The number of Topliss-reactive ketones (excluding diaryl/α,β-unsaturated/α-hetero) is 1. The highest BCUT2D eigenvalue weighted by molar-refractivity contribution is 5.95. The lowest BCUT2D eigenvalue weighted by molar-refractivity contribution is 0.0968. The molecule has 0 aliphatic heterocycles. The highest BCUT2D eigenvalue weighted by Gasteiger charge is 2.11. The maximum atomic E-state index is 11.9. The molecule has 0 unspecified atom stereocenters. The van der Waals surface area contributed by atoms with E-state index < -0.39 is 11.2 Å². The first-order chi connectivity index (χ1) is 8.49. The van der Waals surface area contributed by atoms with Gasteiger partial charge in [0.2, 0.25) is 0 Å². The molecule has 2 aromatic heterocycles. The Bertz CT molecular complexity index is 706. The maximum Gasteiger partial charge on any atom is 0.331 e. The van der Waals surface area contributed by atoms with E-state index in [-0.39, 0.29) is 12.3 Å². The summed E-state index contributed by atoms with van der Waals surface area (Å²) in [6, 6.07) is 2.92. The number of aromatic nitrogens is 3. The van der Waals surface area contributed by atoms with Crippen LogP contribution in [0, 0.1) is 0 Å². The van der Waals surface area contributed by atoms with Crippen LogP contribution in [-0.2, 0) is 20.6 Å². The summed E-state index contributed by atoms with van der Waals surface area (Å²) in [4.78, 5) is 35.2. The molecule has 0 N–H and O–H groups in total. The van der Waals surface area contributed by atoms with Crippen LogP contribution in [0.15, 0.2) is 40.3 Å². The zero-order valence-corrected chi connectivity index (χ0v) is 10.2. The molecule has 6 heteroatoms. The Labute approximate surface area is 103 Å². The van der Waals surface area contributed by atoms with Crippen LogP contribution in [0.2, 0.25) is 0 Å². The minimum Gasteiger partial charge on any atom is -0.357 e. The molecular weight excluding hydrogens is 234 g/mol. The van der Waals surface area contributed by atoms with Crippen molar-refractivity contribution in [3.05, 3.63) is 57.1 Å². The summed E-state index contributed by atoms with van der Waals surface area (Å²) < 4.78 is 3.92. The first-order valence-electron chi connectivity index (χ1n) is 5.40. The molecule has 6 nitrogen and oxygen atoms in total. The van der Waals surface area contributed by atoms with Crippen LogP contribution in [0.1, 0.15) is 10.4 Å². The molecule has 0 radical (unpaired) electrons. The van der Waals surface area contributed by atoms with Gasteiger partial charge in [-0.1, -0.05) is 0 Å². The summed E-state index contributed by atoms with van der Waals surface area (Å²) >= 11 is 0. The Balaban J connectivity index is 2.36. The van der Waals surface area contributed by atoms with Crippen LogP contribution in [0.5, 0.6) is 0 Å². The van der Waals surface area contributed by atoms with Gasteiger partial charge in [-0.15, -0.1) is 0 Å². The summed E-state index contributed by atoms with van der Waals surface area (Å²) in [5, 5.41) is 0. The van der Waals surface area contributed by atoms with Crippen LogP contribution in [-0.4, -0.2) is 19.5 Å². The fraction of sp³-hybridized carbons (Fsp3) is 0.250. The van der Waals surface area contributed by atoms with Crippen molar-refractivity contribution in [3.8, 4) is 0 Å². The van der Waals surface area contributed by atoms with Crippen molar-refractivity contribution in [2.45, 2.75) is 6.54 Å². The van der Waals surface area contributed by atoms with Gasteiger partial charge in [-0.3, -0.25) is 14.2 Å². The van der Waals surface area contributed by atoms with Crippen molar-refractivity contribution in [3.63, 3.8) is 0 Å². The van der Waals surface area contributed by atoms with Gasteiger partial charge >= 0.3 is 5.69 Å². The molecule has 0 saturated heterocycles. The molecule has 0 fully saturated rings. The quantitative estimate of drug-likeness (QED) is 0.704. The lowest BCUT2D eigenvalue weighted by Crippen LogP contribution is -2.39. The van der Waals surface area contributed by atoms with Crippen LogP contribution in [0.25, 0.3) is 0 Å². The second kappa shape index (κ2) is 4.48. The van der Waals surface area contributed by atoms with Crippen molar-refractivity contribution in [1.82, 2.24) is 13.7 Å². The lowest BCUT2D eigenvalue weighted by atomic mass is 10.2. The maximum absolute atomic E-state index is 11.9. The number of ketones is 1. The molecule has 0 saturated carbocycles. The minimum absolute atomic E-state index is 0.240. The zero-order valence-electron chi connectivity index (χ0n) is 10.2. The third-order valence-electron chi connectivity index (χ3n) is 2.70. The van der Waals surface area contributed by atoms with Gasteiger partial charge in [-0.25, -0.2) is 4.79 Å². The average molecular weight is 247 g/mol. The van der Waals surface area contributed by atoms with Crippen molar-refractivity contribution >= 4 is 5.78 Å². The van der Waals surface area contributed by atoms with Crippen LogP contribution in [0.4, 0.5) is 0 Å². The number of carbonyl (C=O) groups excluding carboxylic acids is 1. The molecular formula is C12H13N3O3. The Morgan fingerprint density at radius 1 is 1.17 bits per heavy atom. The molecule has 0 aliphatic rings. The van der Waals surface area contributed by atoms with Crippen LogP contribution < -0.4 is 11.2 Å². The average Bonchev–Trinajstić information content (AvgIpc) is 2.76. The number of hydrogen-bond acceptors (Lipinski definition) is 3. The summed E-state index contributed by atoms with van der Waals surface area (Å²) in [7, 11) is 3.33. The Morgan fingerprint density at radius 2 is 1.89 bits per heavy atom. The number of hydrogen-bond donors (Lipinski definition) is 0. The number of aryl methyl sites for hydroxylation is 2. The topological polar surface area (TPSA) is 66.0 Å². The lowest BCUT2D eigenvalue weighted by Gasteiger charge is -2.04. The van der Waals surface area contributed by atoms with Gasteiger partial charge in [0, 0.05) is 44.3 Å². The van der Waals surface area contributed by atoms with Gasteiger partial charge in [0.25, 0.3) is 5.56 Å². The Morgan fingerprint density at radius 3 is 2.50 bits per heavy atom. The Kier molecular flexibility index (Phi) is 3.01. The second-order valence-corrected chi connectivity index (χ2v) is 4.12. The highest BCUT2D eigenvalue weighted by atomic mass is 16.2. The standard InChI is InChI=1S/C12H13N3O3/c1-13-5-3-9(7-13)10(16)8-15-11(17)4-6-14(2)12(15)18/h3-7H,8H2,1-2H3. The van der Waals surface area contributed by atoms with Crippen molar-refractivity contribution in [2.75, 3.05) is 0 Å². The summed E-state index contributed by atoms with van der Waals surface area (Å²) in [5.74, 6) is -0.263. The van der Waals surface area contributed by atoms with Gasteiger partial charge in [0.15, 0.2) is 5.78 Å². The number of carbonyl (C=O) groups is 1. The third-order valence-corrected chi connectivity index (χ3v) is 2.70. The fourth-order valence-corrected chi connectivity index (χ4v) is 1.66. The van der Waals surface area contributed by atoms with E-state index in [2.05, 4.69) is 0 Å². The molecule has 0 atom stereocenters. The van der Waals surface area contributed by atoms with Crippen LogP contribution >= 0.6 is 0 Å². The minimum atomic E-state index is -0.494. The van der Waals surface area contributed by atoms with E-state index in [9.17, 15) is 14.4 Å². The highest BCUT2D eigenvalue weighted by Crippen LogP contribution is 2.01. The molecule has 2 rings (SSSR count). The first-order valence-corrected chi connectivity index (χ1v) is 5.40. The summed E-state index contributed by atoms with van der Waals surface area (Å²) in [6.07, 6.45) is 4.77. The first kappa shape index (κ1) is 12.1. The van der Waals surface area contributed by atoms with Crippen molar-refractivity contribution < 1.29 is 4.79 Å². The van der Waals surface area contributed by atoms with Gasteiger partial charge in [-0.05, 0) is 6.07 Å². The largest absolute Gasteiger partial charge is 0.357 e. The molecule has 0 spiro atoms. The van der Waals surface area contributed by atoms with E-state index in [1.807, 2.05) is 0 Å². The zero-order chi connectivity index (χ0) is 13.3. The predicted molar refractivity (Wildman–Crippen MR) is 65.7 cm³/mol. The van der Waals surface area contributed by atoms with Gasteiger partial charge in [0.1, 0.15) is 0 Å². The molecule has 2 aromatic rings. The van der Waals surface area contributed by atoms with Gasteiger partial charge < -0.3 is 9.13 Å². The van der Waals surface area contributed by atoms with E-state index in [0.29, 0.717) is 5.56 Å². The van der Waals surface area contributed by atoms with Gasteiger partial charge in [0.05, 0.1) is 6.54 Å². The molecule has 0 bridgehead atoms. The molecule has 18 heavy (non-hydrogen) atoms. The number of nitrogens with zero attached hydrogens (tertiary/aromatic N) is 3. The van der Waals surface area contributed by atoms with Crippen molar-refractivity contribution in [1.29, 1.82) is 0 Å². The number of rotatable bonds is 3. The molecule has 0 aromatic carbocycles. The Hall–Kier alpha value is -2.37. The van der Waals surface area contributed by atoms with E-state index in [1.54, 1.807) is 30.1 Å². The smallest absolute Gasteiger partial charge is 0.331 e. The predicted octanol–water partition coefficient (Wildman–Crippen LogP) is -0.232. The molecule has 2 heterocycles. The fourth-order valence-electron chi connectivity index (χ4n) is 1.66. The summed E-state index contributed by atoms with van der Waals surface area (Å²) in [5.41, 5.74) is -0.482. The van der Waals surface area contributed by atoms with Crippen LogP contribution in [0.3, 0.4) is 0 Å².